The Hall–Kier alpha value is -1.55. The first-order chi connectivity index (χ1) is 6.81. The molecule has 0 radical (unpaired) electrons. The number of hydrogen-bond acceptors (Lipinski definition) is 3. The molecule has 4 heteroatoms. The van der Waals surface area contributed by atoms with E-state index >= 15 is 0 Å². The molecule has 0 fully saturated rings. The third kappa shape index (κ3) is 1.56. The number of phenolic OH excluding ortho intramolecular Hbond substituents is 1. The van der Waals surface area contributed by atoms with Crippen molar-refractivity contribution in [3.05, 3.63) is 23.9 Å². The fraction of sp³-hybridized carbons (Fsp3) is 0.300. The Labute approximate surface area is 81.9 Å². The minimum atomic E-state index is 0.254. The highest BCUT2D eigenvalue weighted by Gasteiger charge is 2.04. The van der Waals surface area contributed by atoms with Gasteiger partial charge in [-0.2, -0.15) is 5.10 Å². The van der Waals surface area contributed by atoms with Crippen LogP contribution in [0, 0.1) is 0 Å². The molecule has 0 spiro atoms. The van der Waals surface area contributed by atoms with Crippen molar-refractivity contribution >= 4 is 10.9 Å². The van der Waals surface area contributed by atoms with Crippen molar-refractivity contribution < 1.29 is 5.11 Å². The predicted octanol–water partition coefficient (Wildman–Crippen LogP) is 1.03. The van der Waals surface area contributed by atoms with Gasteiger partial charge in [-0.25, -0.2) is 0 Å². The van der Waals surface area contributed by atoms with Gasteiger partial charge in [0.25, 0.3) is 0 Å². The Kier molecular flexibility index (Phi) is 2.37. The predicted molar refractivity (Wildman–Crippen MR) is 55.4 cm³/mol. The monoisotopic (exact) mass is 191 g/mol. The fourth-order valence-electron chi connectivity index (χ4n) is 1.50. The summed E-state index contributed by atoms with van der Waals surface area (Å²) in [5.41, 5.74) is 1.92. The van der Waals surface area contributed by atoms with Gasteiger partial charge in [0.15, 0.2) is 0 Å². The van der Waals surface area contributed by atoms with Gasteiger partial charge in [-0.15, -0.1) is 0 Å². The molecule has 2 rings (SSSR count). The van der Waals surface area contributed by atoms with E-state index in [0.29, 0.717) is 0 Å². The standard InChI is InChI=1S/C10H13N3O/c1-11-5-4-9-8-3-2-7(14)6-10(8)13-12-9/h2-3,6,11,14H,4-5H2,1H3,(H,12,13). The SMILES string of the molecule is CNCCc1[nH]nc2cc(O)ccc12. The van der Waals surface area contributed by atoms with Gasteiger partial charge in [-0.3, -0.25) is 5.10 Å². The number of phenols is 1. The maximum atomic E-state index is 9.25. The number of nitrogens with zero attached hydrogens (tertiary/aromatic N) is 1. The van der Waals surface area contributed by atoms with Gasteiger partial charge in [0.2, 0.25) is 0 Å². The molecule has 0 amide bonds. The van der Waals surface area contributed by atoms with E-state index < -0.39 is 0 Å². The van der Waals surface area contributed by atoms with Gasteiger partial charge in [0.05, 0.1) is 5.52 Å². The van der Waals surface area contributed by atoms with Crippen molar-refractivity contribution in [3.63, 3.8) is 0 Å². The van der Waals surface area contributed by atoms with Crippen LogP contribution in [0.25, 0.3) is 10.9 Å². The molecule has 0 unspecified atom stereocenters. The highest BCUT2D eigenvalue weighted by Crippen LogP contribution is 2.20. The van der Waals surface area contributed by atoms with Crippen LogP contribution in [0.15, 0.2) is 18.2 Å². The number of aromatic hydroxyl groups is 1. The lowest BCUT2D eigenvalue weighted by molar-refractivity contribution is 0.476. The first-order valence-corrected chi connectivity index (χ1v) is 4.62. The summed E-state index contributed by atoms with van der Waals surface area (Å²) in [6.07, 6.45) is 0.914. The van der Waals surface area contributed by atoms with Gasteiger partial charge >= 0.3 is 0 Å². The zero-order valence-electron chi connectivity index (χ0n) is 8.04. The highest BCUT2D eigenvalue weighted by molar-refractivity contribution is 5.82. The summed E-state index contributed by atoms with van der Waals surface area (Å²) in [5.74, 6) is 0.254. The molecule has 0 aliphatic heterocycles. The van der Waals surface area contributed by atoms with Gasteiger partial charge < -0.3 is 10.4 Å². The molecule has 0 saturated carbocycles. The molecule has 74 valence electrons. The van der Waals surface area contributed by atoms with E-state index in [0.717, 1.165) is 29.6 Å². The van der Waals surface area contributed by atoms with Crippen LogP contribution in [0.4, 0.5) is 0 Å². The number of H-pyrrole nitrogens is 1. The number of likely N-dealkylation sites (N-methyl/N-ethyl adjacent to an activating group) is 1. The summed E-state index contributed by atoms with van der Waals surface area (Å²) in [6.45, 7) is 0.915. The first kappa shape index (κ1) is 9.02. The molecule has 1 aromatic carbocycles. The molecule has 0 aliphatic rings. The third-order valence-corrected chi connectivity index (χ3v) is 2.24. The van der Waals surface area contributed by atoms with Gasteiger partial charge in [0, 0.05) is 30.1 Å². The molecule has 1 heterocycles. The molecule has 0 saturated heterocycles. The molecule has 0 atom stereocenters. The normalized spacial score (nSPS) is 10.9. The number of aromatic amines is 1. The molecule has 0 aliphatic carbocycles. The van der Waals surface area contributed by atoms with Crippen LogP contribution in [-0.4, -0.2) is 28.9 Å². The Balaban J connectivity index is 2.37. The average molecular weight is 191 g/mol. The molecule has 4 nitrogen and oxygen atoms in total. The van der Waals surface area contributed by atoms with Crippen LogP contribution >= 0.6 is 0 Å². The van der Waals surface area contributed by atoms with Crippen molar-refractivity contribution in [2.45, 2.75) is 6.42 Å². The molecule has 14 heavy (non-hydrogen) atoms. The fourth-order valence-corrected chi connectivity index (χ4v) is 1.50. The van der Waals surface area contributed by atoms with E-state index in [1.54, 1.807) is 12.1 Å². The maximum Gasteiger partial charge on any atom is 0.117 e. The lowest BCUT2D eigenvalue weighted by Crippen LogP contribution is -2.10. The van der Waals surface area contributed by atoms with Crippen molar-refractivity contribution in [1.29, 1.82) is 0 Å². The first-order valence-electron chi connectivity index (χ1n) is 4.62. The van der Waals surface area contributed by atoms with E-state index in [-0.39, 0.29) is 5.75 Å². The second kappa shape index (κ2) is 3.67. The summed E-state index contributed by atoms with van der Waals surface area (Å²) in [7, 11) is 1.92. The van der Waals surface area contributed by atoms with Crippen molar-refractivity contribution in [2.75, 3.05) is 13.6 Å². The second-order valence-electron chi connectivity index (χ2n) is 3.26. The molecule has 3 N–H and O–H groups in total. The summed E-state index contributed by atoms with van der Waals surface area (Å²) in [5, 5.41) is 20.5. The zero-order chi connectivity index (χ0) is 9.97. The molecular formula is C10H13N3O. The largest absolute Gasteiger partial charge is 0.508 e. The summed E-state index contributed by atoms with van der Waals surface area (Å²) < 4.78 is 0. The lowest BCUT2D eigenvalue weighted by atomic mass is 10.1. The number of aromatic nitrogens is 2. The number of fused-ring (bicyclic) bond motifs is 1. The number of rotatable bonds is 3. The van der Waals surface area contributed by atoms with E-state index in [2.05, 4.69) is 15.5 Å². The van der Waals surface area contributed by atoms with Crippen molar-refractivity contribution in [1.82, 2.24) is 15.5 Å². The van der Waals surface area contributed by atoms with E-state index in [4.69, 9.17) is 0 Å². The lowest BCUT2D eigenvalue weighted by Gasteiger charge is -1.97. The molecule has 0 bridgehead atoms. The third-order valence-electron chi connectivity index (χ3n) is 2.24. The van der Waals surface area contributed by atoms with E-state index in [9.17, 15) is 5.11 Å². The van der Waals surface area contributed by atoms with Crippen molar-refractivity contribution in [2.24, 2.45) is 0 Å². The minimum Gasteiger partial charge on any atom is -0.508 e. The molecule has 2 aromatic rings. The van der Waals surface area contributed by atoms with Gasteiger partial charge in [-0.1, -0.05) is 0 Å². The van der Waals surface area contributed by atoms with Crippen LogP contribution in [0.1, 0.15) is 5.69 Å². The molecular weight excluding hydrogens is 178 g/mol. The van der Waals surface area contributed by atoms with Crippen LogP contribution in [0.2, 0.25) is 0 Å². The summed E-state index contributed by atoms with van der Waals surface area (Å²) in [4.78, 5) is 0. The zero-order valence-corrected chi connectivity index (χ0v) is 8.04. The van der Waals surface area contributed by atoms with E-state index in [1.165, 1.54) is 0 Å². The average Bonchev–Trinajstić information content (AvgIpc) is 2.57. The Bertz CT molecular complexity index is 436. The van der Waals surface area contributed by atoms with Gasteiger partial charge in [-0.05, 0) is 19.2 Å². The van der Waals surface area contributed by atoms with E-state index in [1.807, 2.05) is 13.1 Å². The van der Waals surface area contributed by atoms with Crippen LogP contribution in [0.3, 0.4) is 0 Å². The van der Waals surface area contributed by atoms with Crippen LogP contribution in [0.5, 0.6) is 5.75 Å². The van der Waals surface area contributed by atoms with Crippen LogP contribution < -0.4 is 5.32 Å². The Morgan fingerprint density at radius 3 is 3.14 bits per heavy atom. The minimum absolute atomic E-state index is 0.254. The van der Waals surface area contributed by atoms with Gasteiger partial charge in [0.1, 0.15) is 5.75 Å². The maximum absolute atomic E-state index is 9.25. The smallest absolute Gasteiger partial charge is 0.117 e. The summed E-state index contributed by atoms with van der Waals surface area (Å²) in [6, 6.07) is 5.23. The van der Waals surface area contributed by atoms with Crippen molar-refractivity contribution in [3.8, 4) is 5.75 Å². The molecule has 1 aromatic heterocycles. The Morgan fingerprint density at radius 1 is 1.50 bits per heavy atom. The van der Waals surface area contributed by atoms with Crippen LogP contribution in [-0.2, 0) is 6.42 Å². The number of nitrogens with one attached hydrogen (secondary N) is 2. The highest BCUT2D eigenvalue weighted by atomic mass is 16.3. The Morgan fingerprint density at radius 2 is 2.36 bits per heavy atom. The number of hydrogen-bond donors (Lipinski definition) is 3. The summed E-state index contributed by atoms with van der Waals surface area (Å²) >= 11 is 0. The number of benzene rings is 1. The topological polar surface area (TPSA) is 60.9 Å². The second-order valence-corrected chi connectivity index (χ2v) is 3.26. The quantitative estimate of drug-likeness (QED) is 0.679.